The van der Waals surface area contributed by atoms with Crippen LogP contribution in [0.2, 0.25) is 0 Å². The van der Waals surface area contributed by atoms with E-state index in [2.05, 4.69) is 15.6 Å². The molecule has 17 heavy (non-hydrogen) atoms. The maximum absolute atomic E-state index is 12.0. The van der Waals surface area contributed by atoms with E-state index in [0.29, 0.717) is 19.8 Å². The number of aromatic nitrogens is 1. The Bertz CT molecular complexity index is 356. The van der Waals surface area contributed by atoms with Crippen molar-refractivity contribution < 1.29 is 9.53 Å². The maximum Gasteiger partial charge on any atom is 0.227 e. The number of carbonyl (C=O) groups is 1. The number of ether oxygens (including phenoxy) is 1. The molecule has 2 heterocycles. The van der Waals surface area contributed by atoms with Crippen LogP contribution in [0.3, 0.4) is 0 Å². The molecule has 1 aliphatic heterocycles. The summed E-state index contributed by atoms with van der Waals surface area (Å²) in [4.78, 5) is 17.0. The first-order valence-corrected chi connectivity index (χ1v) is 6.65. The van der Waals surface area contributed by atoms with Crippen molar-refractivity contribution in [1.29, 1.82) is 0 Å². The molecule has 1 fully saturated rings. The van der Waals surface area contributed by atoms with Crippen molar-refractivity contribution in [2.24, 2.45) is 5.92 Å². The highest BCUT2D eigenvalue weighted by Gasteiger charge is 2.33. The van der Waals surface area contributed by atoms with E-state index in [-0.39, 0.29) is 17.9 Å². The summed E-state index contributed by atoms with van der Waals surface area (Å²) in [5.74, 6) is -0.0234. The van der Waals surface area contributed by atoms with Gasteiger partial charge in [-0.05, 0) is 6.54 Å². The Labute approximate surface area is 105 Å². The van der Waals surface area contributed by atoms with Crippen LogP contribution in [-0.2, 0) is 16.1 Å². The lowest BCUT2D eigenvalue weighted by Crippen LogP contribution is -2.43. The van der Waals surface area contributed by atoms with Crippen molar-refractivity contribution in [3.05, 3.63) is 16.6 Å². The number of carbonyl (C=O) groups excluding carboxylic acids is 1. The second-order valence-corrected chi connectivity index (χ2v) is 4.96. The normalized spacial score (nSPS) is 23.8. The highest BCUT2D eigenvalue weighted by Crippen LogP contribution is 2.14. The molecule has 94 valence electrons. The monoisotopic (exact) mass is 255 g/mol. The maximum atomic E-state index is 12.0. The standard InChI is InChI=1S/C11H17N3O2S/c1-2-13-10-6-16-5-9(10)11(15)14-4-8-3-12-7-17-8/h3,7,9-10,13H,2,4-6H2,1H3,(H,14,15). The van der Waals surface area contributed by atoms with Gasteiger partial charge in [0.1, 0.15) is 0 Å². The number of amides is 1. The van der Waals surface area contributed by atoms with E-state index in [9.17, 15) is 4.79 Å². The topological polar surface area (TPSA) is 63.2 Å². The summed E-state index contributed by atoms with van der Waals surface area (Å²) in [5.41, 5.74) is 1.77. The Balaban J connectivity index is 1.82. The molecule has 2 rings (SSSR count). The zero-order chi connectivity index (χ0) is 12.1. The van der Waals surface area contributed by atoms with Crippen LogP contribution in [-0.4, -0.2) is 36.7 Å². The van der Waals surface area contributed by atoms with Crippen LogP contribution < -0.4 is 10.6 Å². The summed E-state index contributed by atoms with van der Waals surface area (Å²) in [7, 11) is 0. The van der Waals surface area contributed by atoms with Crippen LogP contribution in [0.1, 0.15) is 11.8 Å². The Morgan fingerprint density at radius 1 is 1.65 bits per heavy atom. The molecule has 0 aromatic carbocycles. The van der Waals surface area contributed by atoms with Crippen molar-refractivity contribution in [2.45, 2.75) is 19.5 Å². The molecule has 1 amide bonds. The van der Waals surface area contributed by atoms with Gasteiger partial charge in [0.15, 0.2) is 0 Å². The molecule has 1 aromatic rings. The predicted octanol–water partition coefficient (Wildman–Crippen LogP) is 0.384. The van der Waals surface area contributed by atoms with Crippen LogP contribution in [0.5, 0.6) is 0 Å². The summed E-state index contributed by atoms with van der Waals surface area (Å²) in [5, 5.41) is 6.20. The molecule has 6 heteroatoms. The van der Waals surface area contributed by atoms with Crippen LogP contribution in [0.15, 0.2) is 11.7 Å². The average molecular weight is 255 g/mol. The zero-order valence-electron chi connectivity index (χ0n) is 9.81. The second-order valence-electron chi connectivity index (χ2n) is 3.99. The minimum Gasteiger partial charge on any atom is -0.379 e. The number of thiazole rings is 1. The lowest BCUT2D eigenvalue weighted by Gasteiger charge is -2.17. The van der Waals surface area contributed by atoms with E-state index in [1.54, 1.807) is 23.0 Å². The van der Waals surface area contributed by atoms with E-state index in [1.165, 1.54) is 0 Å². The minimum absolute atomic E-state index is 0.0573. The molecule has 2 N–H and O–H groups in total. The van der Waals surface area contributed by atoms with Gasteiger partial charge in [-0.25, -0.2) is 0 Å². The highest BCUT2D eigenvalue weighted by atomic mass is 32.1. The van der Waals surface area contributed by atoms with Crippen LogP contribution >= 0.6 is 11.3 Å². The molecule has 2 atom stereocenters. The molecule has 0 aliphatic carbocycles. The van der Waals surface area contributed by atoms with Crippen LogP contribution in [0.4, 0.5) is 0 Å². The largest absolute Gasteiger partial charge is 0.379 e. The summed E-state index contributed by atoms with van der Waals surface area (Å²) in [6.45, 7) is 4.56. The van der Waals surface area contributed by atoms with E-state index >= 15 is 0 Å². The van der Waals surface area contributed by atoms with Gasteiger partial charge in [-0.2, -0.15) is 0 Å². The number of nitrogens with one attached hydrogen (secondary N) is 2. The smallest absolute Gasteiger partial charge is 0.227 e. The lowest BCUT2D eigenvalue weighted by atomic mass is 10.0. The van der Waals surface area contributed by atoms with Gasteiger partial charge >= 0.3 is 0 Å². The van der Waals surface area contributed by atoms with E-state index in [0.717, 1.165) is 11.4 Å². The Hall–Kier alpha value is -0.980. The van der Waals surface area contributed by atoms with Gasteiger partial charge in [-0.1, -0.05) is 6.92 Å². The van der Waals surface area contributed by atoms with E-state index < -0.39 is 0 Å². The molecular weight excluding hydrogens is 238 g/mol. The van der Waals surface area contributed by atoms with Gasteiger partial charge in [-0.3, -0.25) is 9.78 Å². The molecule has 2 unspecified atom stereocenters. The first kappa shape index (κ1) is 12.5. The van der Waals surface area contributed by atoms with Crippen LogP contribution in [0.25, 0.3) is 0 Å². The fourth-order valence-electron chi connectivity index (χ4n) is 1.91. The minimum atomic E-state index is -0.0807. The fourth-order valence-corrected chi connectivity index (χ4v) is 2.45. The molecule has 0 bridgehead atoms. The third-order valence-electron chi connectivity index (χ3n) is 2.80. The van der Waals surface area contributed by atoms with Crippen LogP contribution in [0, 0.1) is 5.92 Å². The SMILES string of the molecule is CCNC1COCC1C(=O)NCc1cncs1. The molecule has 0 radical (unpaired) electrons. The van der Waals surface area contributed by atoms with Crippen molar-refractivity contribution in [2.75, 3.05) is 19.8 Å². The predicted molar refractivity (Wildman–Crippen MR) is 65.7 cm³/mol. The lowest BCUT2D eigenvalue weighted by molar-refractivity contribution is -0.125. The molecule has 0 saturated carbocycles. The Morgan fingerprint density at radius 3 is 3.24 bits per heavy atom. The summed E-state index contributed by atoms with van der Waals surface area (Å²) >= 11 is 1.55. The molecule has 5 nitrogen and oxygen atoms in total. The first-order chi connectivity index (χ1) is 8.31. The summed E-state index contributed by atoms with van der Waals surface area (Å²) in [6, 6.07) is 0.140. The van der Waals surface area contributed by atoms with Crippen molar-refractivity contribution >= 4 is 17.2 Å². The highest BCUT2D eigenvalue weighted by molar-refractivity contribution is 7.09. The summed E-state index contributed by atoms with van der Waals surface area (Å²) < 4.78 is 5.35. The molecule has 1 aromatic heterocycles. The van der Waals surface area contributed by atoms with Gasteiger partial charge < -0.3 is 15.4 Å². The van der Waals surface area contributed by atoms with E-state index in [1.807, 2.05) is 6.92 Å². The quantitative estimate of drug-likeness (QED) is 0.798. The zero-order valence-corrected chi connectivity index (χ0v) is 10.6. The van der Waals surface area contributed by atoms with Crippen molar-refractivity contribution in [3.8, 4) is 0 Å². The number of hydrogen-bond acceptors (Lipinski definition) is 5. The first-order valence-electron chi connectivity index (χ1n) is 5.77. The third kappa shape index (κ3) is 3.24. The van der Waals surface area contributed by atoms with Gasteiger partial charge in [0.25, 0.3) is 0 Å². The van der Waals surface area contributed by atoms with Gasteiger partial charge in [0.2, 0.25) is 5.91 Å². The Kier molecular flexibility index (Phi) is 4.47. The van der Waals surface area contributed by atoms with Gasteiger partial charge in [0.05, 0.1) is 31.2 Å². The van der Waals surface area contributed by atoms with E-state index in [4.69, 9.17) is 4.74 Å². The van der Waals surface area contributed by atoms with Gasteiger partial charge in [0, 0.05) is 17.1 Å². The van der Waals surface area contributed by atoms with Gasteiger partial charge in [-0.15, -0.1) is 11.3 Å². The number of rotatable bonds is 5. The fraction of sp³-hybridized carbons (Fsp3) is 0.636. The second kappa shape index (κ2) is 6.09. The number of nitrogens with zero attached hydrogens (tertiary/aromatic N) is 1. The summed E-state index contributed by atoms with van der Waals surface area (Å²) in [6.07, 6.45) is 1.78. The third-order valence-corrected chi connectivity index (χ3v) is 3.58. The number of likely N-dealkylation sites (N-methyl/N-ethyl adjacent to an activating group) is 1. The molecule has 1 saturated heterocycles. The molecule has 0 spiro atoms. The molecular formula is C11H17N3O2S. The molecule has 1 aliphatic rings. The average Bonchev–Trinajstić information content (AvgIpc) is 2.97. The van der Waals surface area contributed by atoms with Crippen molar-refractivity contribution in [3.63, 3.8) is 0 Å². The Morgan fingerprint density at radius 2 is 2.53 bits per heavy atom. The number of hydrogen-bond donors (Lipinski definition) is 2. The van der Waals surface area contributed by atoms with Crippen molar-refractivity contribution in [1.82, 2.24) is 15.6 Å².